The van der Waals surface area contributed by atoms with E-state index in [1.807, 2.05) is 51.0 Å². The van der Waals surface area contributed by atoms with Crippen LogP contribution in [-0.4, -0.2) is 34.3 Å². The number of benzene rings is 2. The van der Waals surface area contributed by atoms with Gasteiger partial charge < -0.3 is 18.8 Å². The quantitative estimate of drug-likeness (QED) is 0.373. The van der Waals surface area contributed by atoms with Gasteiger partial charge in [0.05, 0.1) is 11.6 Å². The Morgan fingerprint density at radius 1 is 1.13 bits per heavy atom. The van der Waals surface area contributed by atoms with Crippen LogP contribution < -0.4 is 4.74 Å². The van der Waals surface area contributed by atoms with Crippen LogP contribution in [0.1, 0.15) is 39.5 Å². The summed E-state index contributed by atoms with van der Waals surface area (Å²) >= 11 is 0. The van der Waals surface area contributed by atoms with E-state index < -0.39 is 6.23 Å². The topological polar surface area (TPSA) is 50.8 Å². The Hall–Kier alpha value is -2.83. The van der Waals surface area contributed by atoms with E-state index in [1.54, 1.807) is 12.1 Å². The van der Waals surface area contributed by atoms with E-state index in [0.29, 0.717) is 29.0 Å². The van der Waals surface area contributed by atoms with E-state index in [0.717, 1.165) is 28.6 Å². The first-order chi connectivity index (χ1) is 14.8. The number of aromatic nitrogens is 1. The molecule has 0 saturated heterocycles. The first kappa shape index (κ1) is 21.4. The lowest BCUT2D eigenvalue weighted by atomic mass is 10.0. The highest BCUT2D eigenvalue weighted by molar-refractivity contribution is 6.09. The molecule has 0 aliphatic carbocycles. The van der Waals surface area contributed by atoms with Crippen molar-refractivity contribution in [2.75, 3.05) is 13.6 Å². The molecule has 0 amide bonds. The molecule has 2 aromatic heterocycles. The normalized spacial score (nSPS) is 13.1. The van der Waals surface area contributed by atoms with Crippen molar-refractivity contribution in [2.24, 2.45) is 0 Å². The predicted octanol–water partition coefficient (Wildman–Crippen LogP) is 5.94. The number of aryl methyl sites for hydroxylation is 1. The minimum Gasteiger partial charge on any atom is -0.489 e. The molecule has 1 atom stereocenters. The molecule has 0 fully saturated rings. The van der Waals surface area contributed by atoms with E-state index in [9.17, 15) is 9.50 Å². The molecule has 2 heterocycles. The van der Waals surface area contributed by atoms with E-state index >= 15 is 0 Å². The highest BCUT2D eigenvalue weighted by Crippen LogP contribution is 2.44. The Balaban J connectivity index is 2.09. The maximum Gasteiger partial charge on any atom is 0.144 e. The molecule has 0 saturated carbocycles. The van der Waals surface area contributed by atoms with E-state index in [-0.39, 0.29) is 11.9 Å². The van der Waals surface area contributed by atoms with Crippen molar-refractivity contribution >= 4 is 21.9 Å². The van der Waals surface area contributed by atoms with Crippen LogP contribution in [0.3, 0.4) is 0 Å². The van der Waals surface area contributed by atoms with Crippen LogP contribution in [0.2, 0.25) is 0 Å². The third kappa shape index (κ3) is 3.70. The summed E-state index contributed by atoms with van der Waals surface area (Å²) in [4.78, 5) is 1.84. The number of ether oxygens (including phenoxy) is 1. The molecular weight excluding hydrogens is 395 g/mol. The number of fused-ring (bicyclic) bond motifs is 3. The number of hydrogen-bond donors (Lipinski definition) is 1. The minimum absolute atomic E-state index is 0.00369. The molecule has 2 aromatic carbocycles. The van der Waals surface area contributed by atoms with Crippen molar-refractivity contribution in [2.45, 2.75) is 46.6 Å². The van der Waals surface area contributed by atoms with Gasteiger partial charge >= 0.3 is 0 Å². The van der Waals surface area contributed by atoms with Crippen molar-refractivity contribution in [1.29, 1.82) is 0 Å². The van der Waals surface area contributed by atoms with Gasteiger partial charge in [-0.25, -0.2) is 4.39 Å². The Kier molecular flexibility index (Phi) is 5.77. The molecule has 1 N–H and O–H groups in total. The lowest BCUT2D eigenvalue weighted by molar-refractivity contribution is 0.0257. The van der Waals surface area contributed by atoms with Crippen LogP contribution in [0.5, 0.6) is 5.75 Å². The van der Waals surface area contributed by atoms with Gasteiger partial charge in [-0.3, -0.25) is 4.90 Å². The van der Waals surface area contributed by atoms with Crippen LogP contribution in [-0.2, 0) is 6.54 Å². The van der Waals surface area contributed by atoms with Crippen molar-refractivity contribution in [3.05, 3.63) is 54.0 Å². The lowest BCUT2D eigenvalue weighted by Crippen LogP contribution is -2.24. The van der Waals surface area contributed by atoms with Crippen LogP contribution >= 0.6 is 0 Å². The van der Waals surface area contributed by atoms with Crippen LogP contribution in [0.15, 0.2) is 47.0 Å². The second-order valence-electron chi connectivity index (χ2n) is 8.08. The van der Waals surface area contributed by atoms with Gasteiger partial charge in [-0.15, -0.1) is 0 Å². The fourth-order valence-corrected chi connectivity index (χ4v) is 4.00. The standard InChI is InChI=1S/C25H29FN2O3/c1-6-27(5)25(29)21-19-14-20(30-15(3)4)22-18(12-13-28(22)7-2)24(19)31-23(21)16-8-10-17(26)11-9-16/h8-15,25,29H,6-7H2,1-5H3. The number of aliphatic hydroxyl groups is 1. The number of furan rings is 1. The molecule has 5 nitrogen and oxygen atoms in total. The van der Waals surface area contributed by atoms with Gasteiger partial charge in [-0.2, -0.15) is 0 Å². The summed E-state index contributed by atoms with van der Waals surface area (Å²) in [5.41, 5.74) is 3.03. The van der Waals surface area contributed by atoms with Crippen LogP contribution in [0.25, 0.3) is 33.2 Å². The summed E-state index contributed by atoms with van der Waals surface area (Å²) in [6.45, 7) is 9.50. The fourth-order valence-electron chi connectivity index (χ4n) is 4.00. The zero-order chi connectivity index (χ0) is 22.3. The Bertz CT molecular complexity index is 1210. The SMILES string of the molecule is CCN(C)C(O)c1c(-c2ccc(F)cc2)oc2c1cc(OC(C)C)c1c2ccn1CC. The van der Waals surface area contributed by atoms with Crippen molar-refractivity contribution in [3.63, 3.8) is 0 Å². The lowest BCUT2D eigenvalue weighted by Gasteiger charge is -2.22. The highest BCUT2D eigenvalue weighted by atomic mass is 19.1. The van der Waals surface area contributed by atoms with Gasteiger partial charge in [-0.1, -0.05) is 6.92 Å². The average molecular weight is 425 g/mol. The Morgan fingerprint density at radius 2 is 1.84 bits per heavy atom. The Morgan fingerprint density at radius 3 is 2.45 bits per heavy atom. The zero-order valence-electron chi connectivity index (χ0n) is 18.6. The largest absolute Gasteiger partial charge is 0.489 e. The van der Waals surface area contributed by atoms with Gasteiger partial charge in [0.25, 0.3) is 0 Å². The molecular formula is C25H29FN2O3. The molecule has 0 spiro atoms. The average Bonchev–Trinajstić information content (AvgIpc) is 3.34. The van der Waals surface area contributed by atoms with Gasteiger partial charge in [0.15, 0.2) is 0 Å². The van der Waals surface area contributed by atoms with Crippen molar-refractivity contribution in [1.82, 2.24) is 9.47 Å². The monoisotopic (exact) mass is 424 g/mol. The van der Waals surface area contributed by atoms with E-state index in [2.05, 4.69) is 11.5 Å². The van der Waals surface area contributed by atoms with Gasteiger partial charge in [-0.05, 0) is 70.8 Å². The third-order valence-electron chi connectivity index (χ3n) is 5.68. The summed E-state index contributed by atoms with van der Waals surface area (Å²) in [6.07, 6.45) is 1.13. The molecule has 0 aliphatic rings. The third-order valence-corrected chi connectivity index (χ3v) is 5.68. The maximum absolute atomic E-state index is 13.6. The summed E-state index contributed by atoms with van der Waals surface area (Å²) in [5, 5.41) is 12.9. The smallest absolute Gasteiger partial charge is 0.144 e. The first-order valence-corrected chi connectivity index (χ1v) is 10.7. The van der Waals surface area contributed by atoms with E-state index in [1.165, 1.54) is 12.1 Å². The molecule has 4 rings (SSSR count). The number of aliphatic hydroxyl groups excluding tert-OH is 1. The second kappa shape index (κ2) is 8.36. The van der Waals surface area contributed by atoms with Gasteiger partial charge in [0.1, 0.15) is 29.1 Å². The maximum atomic E-state index is 13.6. The number of nitrogens with zero attached hydrogens (tertiary/aromatic N) is 2. The van der Waals surface area contributed by atoms with E-state index in [4.69, 9.17) is 9.15 Å². The minimum atomic E-state index is -0.885. The zero-order valence-corrected chi connectivity index (χ0v) is 18.6. The number of hydrogen-bond acceptors (Lipinski definition) is 4. The molecule has 31 heavy (non-hydrogen) atoms. The molecule has 6 heteroatoms. The summed E-state index contributed by atoms with van der Waals surface area (Å²) in [5.74, 6) is 0.973. The first-order valence-electron chi connectivity index (χ1n) is 10.7. The van der Waals surface area contributed by atoms with Gasteiger partial charge in [0.2, 0.25) is 0 Å². The second-order valence-corrected chi connectivity index (χ2v) is 8.08. The summed E-state index contributed by atoms with van der Waals surface area (Å²) < 4.78 is 28.3. The van der Waals surface area contributed by atoms with Crippen molar-refractivity contribution < 1.29 is 18.7 Å². The fraction of sp³-hybridized carbons (Fsp3) is 0.360. The summed E-state index contributed by atoms with van der Waals surface area (Å²) in [7, 11) is 1.86. The summed E-state index contributed by atoms with van der Waals surface area (Å²) in [6, 6.07) is 10.1. The van der Waals surface area contributed by atoms with Crippen LogP contribution in [0.4, 0.5) is 4.39 Å². The van der Waals surface area contributed by atoms with Crippen LogP contribution in [0, 0.1) is 5.82 Å². The number of rotatable bonds is 7. The predicted molar refractivity (Wildman–Crippen MR) is 122 cm³/mol. The molecule has 0 aliphatic heterocycles. The molecule has 0 bridgehead atoms. The molecule has 4 aromatic rings. The Labute approximate surface area is 181 Å². The van der Waals surface area contributed by atoms with Gasteiger partial charge in [0, 0.05) is 34.6 Å². The number of halogens is 1. The highest BCUT2D eigenvalue weighted by Gasteiger charge is 2.27. The molecule has 1 unspecified atom stereocenters. The molecule has 164 valence electrons. The molecule has 0 radical (unpaired) electrons. The van der Waals surface area contributed by atoms with Crippen molar-refractivity contribution in [3.8, 4) is 17.1 Å².